The lowest BCUT2D eigenvalue weighted by atomic mass is 10.1. The average Bonchev–Trinajstić information content (AvgIpc) is 2.34. The van der Waals surface area contributed by atoms with Crippen molar-refractivity contribution in [3.8, 4) is 0 Å². The SMILES string of the molecule is CC(C)(C)[S+]([O-])NC(CCCCl)c1cccnc1. The molecule has 0 aliphatic rings. The molecular formula is C13H21ClN2OS. The molecule has 0 saturated heterocycles. The molecule has 3 nitrogen and oxygen atoms in total. The van der Waals surface area contributed by atoms with E-state index in [1.54, 1.807) is 6.20 Å². The number of nitrogens with zero attached hydrogens (tertiary/aromatic N) is 1. The summed E-state index contributed by atoms with van der Waals surface area (Å²) < 4.78 is 15.1. The number of hydrogen-bond donors (Lipinski definition) is 1. The van der Waals surface area contributed by atoms with Crippen molar-refractivity contribution in [3.05, 3.63) is 30.1 Å². The molecule has 5 heteroatoms. The molecule has 1 rings (SSSR count). The highest BCUT2D eigenvalue weighted by Crippen LogP contribution is 2.23. The van der Waals surface area contributed by atoms with Gasteiger partial charge in [0.1, 0.15) is 4.75 Å². The second-order valence-electron chi connectivity index (χ2n) is 5.17. The number of halogens is 1. The van der Waals surface area contributed by atoms with E-state index in [4.69, 9.17) is 11.6 Å². The van der Waals surface area contributed by atoms with Crippen LogP contribution in [0.15, 0.2) is 24.5 Å². The Morgan fingerprint density at radius 2 is 2.22 bits per heavy atom. The molecule has 1 aromatic heterocycles. The Bertz CT molecular complexity index is 343. The van der Waals surface area contributed by atoms with Crippen LogP contribution in [0, 0.1) is 0 Å². The van der Waals surface area contributed by atoms with Crippen molar-refractivity contribution in [1.29, 1.82) is 0 Å². The quantitative estimate of drug-likeness (QED) is 0.646. The van der Waals surface area contributed by atoms with Gasteiger partial charge in [0.15, 0.2) is 0 Å². The van der Waals surface area contributed by atoms with E-state index < -0.39 is 11.4 Å². The highest BCUT2D eigenvalue weighted by atomic mass is 35.5. The molecule has 1 heterocycles. The summed E-state index contributed by atoms with van der Waals surface area (Å²) in [5.41, 5.74) is 1.06. The van der Waals surface area contributed by atoms with E-state index >= 15 is 0 Å². The number of hydrogen-bond acceptors (Lipinski definition) is 3. The first-order valence-electron chi connectivity index (χ1n) is 6.09. The molecule has 18 heavy (non-hydrogen) atoms. The van der Waals surface area contributed by atoms with E-state index in [1.807, 2.05) is 39.1 Å². The van der Waals surface area contributed by atoms with Gasteiger partial charge in [-0.2, -0.15) is 0 Å². The molecule has 1 aromatic rings. The van der Waals surface area contributed by atoms with Gasteiger partial charge < -0.3 is 4.55 Å². The fraction of sp³-hybridized carbons (Fsp3) is 0.615. The van der Waals surface area contributed by atoms with Crippen molar-refractivity contribution < 1.29 is 4.55 Å². The minimum Gasteiger partial charge on any atom is -0.598 e. The largest absolute Gasteiger partial charge is 0.598 e. The van der Waals surface area contributed by atoms with Crippen molar-refractivity contribution in [1.82, 2.24) is 9.71 Å². The Kier molecular flexibility index (Phi) is 6.43. The first-order valence-corrected chi connectivity index (χ1v) is 7.77. The smallest absolute Gasteiger partial charge is 0.136 e. The molecular weight excluding hydrogens is 268 g/mol. The van der Waals surface area contributed by atoms with Crippen LogP contribution in [-0.2, 0) is 11.4 Å². The maximum absolute atomic E-state index is 12.2. The molecule has 0 aromatic carbocycles. The third-order valence-corrected chi connectivity index (χ3v) is 4.40. The monoisotopic (exact) mass is 288 g/mol. The van der Waals surface area contributed by atoms with Crippen molar-refractivity contribution >= 4 is 23.0 Å². The van der Waals surface area contributed by atoms with Crippen molar-refractivity contribution in [3.63, 3.8) is 0 Å². The molecule has 102 valence electrons. The van der Waals surface area contributed by atoms with Crippen molar-refractivity contribution in [2.75, 3.05) is 5.88 Å². The zero-order valence-corrected chi connectivity index (χ0v) is 12.7. The Morgan fingerprint density at radius 1 is 1.50 bits per heavy atom. The van der Waals surface area contributed by atoms with E-state index in [0.717, 1.165) is 18.4 Å². The summed E-state index contributed by atoms with van der Waals surface area (Å²) in [4.78, 5) is 4.11. The maximum Gasteiger partial charge on any atom is 0.136 e. The van der Waals surface area contributed by atoms with Gasteiger partial charge in [-0.15, -0.1) is 16.3 Å². The van der Waals surface area contributed by atoms with Crippen LogP contribution >= 0.6 is 11.6 Å². The van der Waals surface area contributed by atoms with Crippen LogP contribution in [0.5, 0.6) is 0 Å². The lowest BCUT2D eigenvalue weighted by Crippen LogP contribution is -2.41. The second kappa shape index (κ2) is 7.34. The summed E-state index contributed by atoms with van der Waals surface area (Å²) in [5.74, 6) is 0.612. The van der Waals surface area contributed by atoms with Gasteiger partial charge in [-0.25, -0.2) is 0 Å². The van der Waals surface area contributed by atoms with Gasteiger partial charge in [0.05, 0.1) is 6.04 Å². The van der Waals surface area contributed by atoms with Gasteiger partial charge >= 0.3 is 0 Å². The molecule has 0 fully saturated rings. The van der Waals surface area contributed by atoms with Crippen LogP contribution in [0.1, 0.15) is 45.2 Å². The second-order valence-corrected chi connectivity index (χ2v) is 7.54. The van der Waals surface area contributed by atoms with Gasteiger partial charge in [0.2, 0.25) is 0 Å². The van der Waals surface area contributed by atoms with Crippen LogP contribution in [-0.4, -0.2) is 20.2 Å². The van der Waals surface area contributed by atoms with E-state index in [9.17, 15) is 4.55 Å². The third kappa shape index (κ3) is 5.14. The lowest BCUT2D eigenvalue weighted by molar-refractivity contribution is 0.509. The van der Waals surface area contributed by atoms with Crippen molar-refractivity contribution in [2.45, 2.75) is 44.4 Å². The number of nitrogens with one attached hydrogen (secondary N) is 1. The fourth-order valence-corrected chi connectivity index (χ4v) is 2.48. The Morgan fingerprint density at radius 3 is 2.72 bits per heavy atom. The predicted molar refractivity (Wildman–Crippen MR) is 78.0 cm³/mol. The summed E-state index contributed by atoms with van der Waals surface area (Å²) in [7, 11) is 0. The first kappa shape index (κ1) is 15.8. The fourth-order valence-electron chi connectivity index (χ4n) is 1.46. The summed E-state index contributed by atoms with van der Waals surface area (Å²) in [6.45, 7) is 5.87. The highest BCUT2D eigenvalue weighted by Gasteiger charge is 2.29. The van der Waals surface area contributed by atoms with E-state index in [2.05, 4.69) is 9.71 Å². The van der Waals surface area contributed by atoms with Crippen LogP contribution in [0.3, 0.4) is 0 Å². The van der Waals surface area contributed by atoms with Gasteiger partial charge in [-0.1, -0.05) is 6.07 Å². The summed E-state index contributed by atoms with van der Waals surface area (Å²) in [6, 6.07) is 3.93. The molecule has 0 aliphatic heterocycles. The van der Waals surface area contributed by atoms with Crippen LogP contribution in [0.2, 0.25) is 0 Å². The number of rotatable bonds is 6. The van der Waals surface area contributed by atoms with E-state index in [1.165, 1.54) is 0 Å². The standard InChI is InChI=1S/C13H21ClN2OS/c1-13(2,3)18(17)16-12(7-4-8-14)11-6-5-9-15-10-11/h5-6,9-10,12,16H,4,7-8H2,1-3H3. The van der Waals surface area contributed by atoms with Crippen LogP contribution in [0.4, 0.5) is 0 Å². The number of aromatic nitrogens is 1. The van der Waals surface area contributed by atoms with Crippen LogP contribution in [0.25, 0.3) is 0 Å². The summed E-state index contributed by atoms with van der Waals surface area (Å²) in [5, 5.41) is 0. The molecule has 0 amide bonds. The molecule has 1 N–H and O–H groups in total. The topological polar surface area (TPSA) is 48.0 Å². The van der Waals surface area contributed by atoms with Gasteiger partial charge in [-0.3, -0.25) is 4.98 Å². The molecule has 0 spiro atoms. The van der Waals surface area contributed by atoms with Crippen LogP contribution < -0.4 is 4.72 Å². The predicted octanol–water partition coefficient (Wildman–Crippen LogP) is 3.19. The summed E-state index contributed by atoms with van der Waals surface area (Å²) >= 11 is 4.65. The van der Waals surface area contributed by atoms with E-state index in [-0.39, 0.29) is 10.8 Å². The zero-order chi connectivity index (χ0) is 13.6. The van der Waals surface area contributed by atoms with Crippen molar-refractivity contribution in [2.24, 2.45) is 0 Å². The molecule has 0 saturated carbocycles. The Hall–Kier alpha value is -0.290. The van der Waals surface area contributed by atoms with Gasteiger partial charge in [0, 0.05) is 29.6 Å². The zero-order valence-electron chi connectivity index (χ0n) is 11.1. The maximum atomic E-state index is 12.2. The first-order chi connectivity index (χ1) is 8.45. The molecule has 2 atom stereocenters. The molecule has 0 radical (unpaired) electrons. The highest BCUT2D eigenvalue weighted by molar-refractivity contribution is 7.90. The van der Waals surface area contributed by atoms with E-state index in [0.29, 0.717) is 5.88 Å². The number of alkyl halides is 1. The average molecular weight is 289 g/mol. The minimum absolute atomic E-state index is 0.0394. The van der Waals surface area contributed by atoms with Gasteiger partial charge in [0.25, 0.3) is 0 Å². The molecule has 2 unspecified atom stereocenters. The lowest BCUT2D eigenvalue weighted by Gasteiger charge is -2.28. The summed E-state index contributed by atoms with van der Waals surface area (Å²) in [6.07, 6.45) is 5.29. The third-order valence-electron chi connectivity index (χ3n) is 2.52. The Labute approximate surface area is 118 Å². The number of pyridine rings is 1. The molecule has 0 bridgehead atoms. The normalized spacial score (nSPS) is 15.4. The Balaban J connectivity index is 2.73. The van der Waals surface area contributed by atoms with Gasteiger partial charge in [-0.05, 0) is 45.2 Å². The molecule has 0 aliphatic carbocycles. The minimum atomic E-state index is -1.09.